The van der Waals surface area contributed by atoms with Gasteiger partial charge in [0, 0.05) is 50.8 Å². The van der Waals surface area contributed by atoms with Crippen molar-refractivity contribution in [2.24, 2.45) is 0 Å². The molecule has 2 aromatic carbocycles. The number of carboxylic acids is 2. The Morgan fingerprint density at radius 2 is 1.80 bits per heavy atom. The molecule has 1 aliphatic rings. The highest BCUT2D eigenvalue weighted by atomic mass is 16.5. The quantitative estimate of drug-likeness (QED) is 0.179. The first-order valence-corrected chi connectivity index (χ1v) is 13.9. The van der Waals surface area contributed by atoms with Crippen molar-refractivity contribution in [2.75, 3.05) is 26.2 Å². The number of aryl methyl sites for hydroxylation is 1. The van der Waals surface area contributed by atoms with Crippen LogP contribution in [0.25, 0.3) is 33.7 Å². The number of aliphatic hydroxyl groups is 1. The highest BCUT2D eigenvalue weighted by Gasteiger charge is 2.25. The standard InChI is InChI=1S/C26H27N5O5.C4H4O4/c1-16-28-29-25(35-16)24-13-19-22(7-4-8-23(19)36-24)34-15-18(32)14-30-11-9-17(10-12-30)31-21-6-3-2-5-20(21)27-26(31)33;5-3(6)1-2-4(7)8/h2-8,13,17-18,32H,9-12,14-15H2,1H3,(H,27,33);1-2H,(H,5,6)(H,7,8)/b;2-1-/t18-;/m0./s1. The number of benzene rings is 2. The molecule has 0 unspecified atom stereocenters. The number of likely N-dealkylation sites (tertiary alicyclic amines) is 1. The number of para-hydroxylation sites is 2. The van der Waals surface area contributed by atoms with Crippen LogP contribution in [0.3, 0.4) is 0 Å². The molecule has 0 amide bonds. The van der Waals surface area contributed by atoms with Crippen LogP contribution in [0.1, 0.15) is 24.8 Å². The van der Waals surface area contributed by atoms with E-state index in [0.29, 0.717) is 47.6 Å². The van der Waals surface area contributed by atoms with E-state index in [0.717, 1.165) is 42.4 Å². The lowest BCUT2D eigenvalue weighted by Gasteiger charge is -2.33. The SMILES string of the molecule is Cc1nnc(-c2cc3c(OC[C@@H](O)CN4CCC(n5c(=O)[nH]c6ccccc65)CC4)cccc3o2)o1.O=C(O)/C=C\C(=O)O. The number of aromatic nitrogens is 4. The zero-order chi connectivity index (χ0) is 31.2. The minimum Gasteiger partial charge on any atom is -0.490 e. The zero-order valence-corrected chi connectivity index (χ0v) is 23.8. The third kappa shape index (κ3) is 7.22. The van der Waals surface area contributed by atoms with Gasteiger partial charge in [0.25, 0.3) is 5.89 Å². The molecule has 44 heavy (non-hydrogen) atoms. The van der Waals surface area contributed by atoms with E-state index in [1.807, 2.05) is 47.0 Å². The number of aliphatic hydroxyl groups excluding tert-OH is 1. The van der Waals surface area contributed by atoms with Crippen LogP contribution in [0.4, 0.5) is 0 Å². The number of carbonyl (C=O) groups is 2. The van der Waals surface area contributed by atoms with Gasteiger partial charge < -0.3 is 38.8 Å². The fraction of sp³-hybridized carbons (Fsp3) is 0.300. The van der Waals surface area contributed by atoms with Gasteiger partial charge in [0.15, 0.2) is 5.76 Å². The Morgan fingerprint density at radius 3 is 2.48 bits per heavy atom. The summed E-state index contributed by atoms with van der Waals surface area (Å²) in [6, 6.07) is 15.3. The van der Waals surface area contributed by atoms with Crippen molar-refractivity contribution in [2.45, 2.75) is 31.9 Å². The van der Waals surface area contributed by atoms with Crippen LogP contribution >= 0.6 is 0 Å². The lowest BCUT2D eigenvalue weighted by molar-refractivity contribution is -0.134. The summed E-state index contributed by atoms with van der Waals surface area (Å²) in [4.78, 5) is 36.8. The normalized spacial score (nSPS) is 15.0. The highest BCUT2D eigenvalue weighted by molar-refractivity contribution is 5.89. The first-order chi connectivity index (χ1) is 21.2. The first kappa shape index (κ1) is 30.3. The molecule has 5 aromatic rings. The van der Waals surface area contributed by atoms with Gasteiger partial charge in [-0.15, -0.1) is 10.2 Å². The summed E-state index contributed by atoms with van der Waals surface area (Å²) in [5.41, 5.74) is 2.39. The number of imidazole rings is 1. The van der Waals surface area contributed by atoms with Crippen molar-refractivity contribution in [3.05, 3.63) is 77.1 Å². The molecule has 6 rings (SSSR count). The summed E-state index contributed by atoms with van der Waals surface area (Å²) in [5.74, 6) is -0.648. The fourth-order valence-corrected chi connectivity index (χ4v) is 5.14. The van der Waals surface area contributed by atoms with Gasteiger partial charge in [0.05, 0.1) is 16.4 Å². The maximum absolute atomic E-state index is 12.5. The smallest absolute Gasteiger partial charge is 0.328 e. The average Bonchev–Trinajstić information content (AvgIpc) is 3.72. The molecule has 14 heteroatoms. The maximum Gasteiger partial charge on any atom is 0.328 e. The summed E-state index contributed by atoms with van der Waals surface area (Å²) < 4.78 is 19.1. The summed E-state index contributed by atoms with van der Waals surface area (Å²) in [7, 11) is 0. The third-order valence-electron chi connectivity index (χ3n) is 7.07. The Labute approximate surface area is 249 Å². The molecular weight excluding hydrogens is 574 g/mol. The second-order valence-electron chi connectivity index (χ2n) is 10.2. The molecule has 0 aliphatic carbocycles. The van der Waals surface area contributed by atoms with Crippen molar-refractivity contribution in [1.29, 1.82) is 0 Å². The summed E-state index contributed by atoms with van der Waals surface area (Å²) in [5, 5.41) is 34.9. The van der Waals surface area contributed by atoms with Gasteiger partial charge in [-0.05, 0) is 37.1 Å². The molecule has 0 saturated carbocycles. The molecule has 14 nitrogen and oxygen atoms in total. The maximum atomic E-state index is 12.5. The number of piperidine rings is 1. The Morgan fingerprint density at radius 1 is 1.07 bits per heavy atom. The molecule has 0 bridgehead atoms. The minimum atomic E-state index is -1.26. The van der Waals surface area contributed by atoms with Crippen molar-refractivity contribution in [3.63, 3.8) is 0 Å². The van der Waals surface area contributed by atoms with E-state index in [1.165, 1.54) is 0 Å². The molecular formula is C30H31N5O9. The number of β-amino-alcohol motifs (C(OH)–C–C–N with tert-alkyl or cyclic N) is 1. The predicted octanol–water partition coefficient (Wildman–Crippen LogP) is 3.22. The number of nitrogens with one attached hydrogen (secondary N) is 1. The van der Waals surface area contributed by atoms with Gasteiger partial charge in [-0.2, -0.15) is 0 Å². The number of aromatic amines is 1. The van der Waals surface area contributed by atoms with Crippen LogP contribution in [0, 0.1) is 6.92 Å². The number of aliphatic carboxylic acids is 2. The topological polar surface area (TPSA) is 197 Å². The third-order valence-corrected chi connectivity index (χ3v) is 7.07. The molecule has 3 aromatic heterocycles. The monoisotopic (exact) mass is 605 g/mol. The van der Waals surface area contributed by atoms with Crippen LogP contribution in [0.2, 0.25) is 0 Å². The minimum absolute atomic E-state index is 0.0612. The molecule has 4 heterocycles. The van der Waals surface area contributed by atoms with E-state index in [1.54, 1.807) is 13.0 Å². The number of carboxylic acid groups (broad SMARTS) is 2. The Balaban J connectivity index is 0.000000426. The molecule has 1 saturated heterocycles. The van der Waals surface area contributed by atoms with Gasteiger partial charge in [-0.3, -0.25) is 4.57 Å². The number of ether oxygens (including phenoxy) is 1. The Bertz CT molecular complexity index is 1830. The second-order valence-corrected chi connectivity index (χ2v) is 10.2. The molecule has 230 valence electrons. The number of fused-ring (bicyclic) bond motifs is 2. The van der Waals surface area contributed by atoms with E-state index >= 15 is 0 Å². The molecule has 0 spiro atoms. The number of rotatable bonds is 9. The van der Waals surface area contributed by atoms with Crippen LogP contribution in [0.15, 0.2) is 74.3 Å². The van der Waals surface area contributed by atoms with E-state index in [-0.39, 0.29) is 18.3 Å². The summed E-state index contributed by atoms with van der Waals surface area (Å²) >= 11 is 0. The van der Waals surface area contributed by atoms with Crippen LogP contribution in [-0.4, -0.2) is 84.3 Å². The average molecular weight is 606 g/mol. The largest absolute Gasteiger partial charge is 0.490 e. The van der Waals surface area contributed by atoms with Crippen molar-refractivity contribution < 1.29 is 38.5 Å². The zero-order valence-electron chi connectivity index (χ0n) is 23.8. The summed E-state index contributed by atoms with van der Waals surface area (Å²) in [6.45, 7) is 3.99. The van der Waals surface area contributed by atoms with Crippen molar-refractivity contribution >= 4 is 33.9 Å². The van der Waals surface area contributed by atoms with Gasteiger partial charge >= 0.3 is 17.6 Å². The fourth-order valence-electron chi connectivity index (χ4n) is 5.14. The predicted molar refractivity (Wildman–Crippen MR) is 157 cm³/mol. The Kier molecular flexibility index (Phi) is 9.21. The van der Waals surface area contributed by atoms with E-state index in [4.69, 9.17) is 23.8 Å². The van der Waals surface area contributed by atoms with Crippen molar-refractivity contribution in [1.82, 2.24) is 24.6 Å². The number of H-pyrrole nitrogens is 1. The molecule has 1 aliphatic heterocycles. The van der Waals surface area contributed by atoms with E-state index in [9.17, 15) is 19.5 Å². The highest BCUT2D eigenvalue weighted by Crippen LogP contribution is 2.33. The van der Waals surface area contributed by atoms with Crippen molar-refractivity contribution in [3.8, 4) is 17.4 Å². The molecule has 1 fully saturated rings. The van der Waals surface area contributed by atoms with Gasteiger partial charge in [0.1, 0.15) is 24.0 Å². The molecule has 4 N–H and O–H groups in total. The van der Waals surface area contributed by atoms with Gasteiger partial charge in [0.2, 0.25) is 5.89 Å². The van der Waals surface area contributed by atoms with Gasteiger partial charge in [-0.1, -0.05) is 18.2 Å². The van der Waals surface area contributed by atoms with Crippen LogP contribution < -0.4 is 10.4 Å². The summed E-state index contributed by atoms with van der Waals surface area (Å²) in [6.07, 6.45) is 2.16. The lowest BCUT2D eigenvalue weighted by atomic mass is 10.0. The van der Waals surface area contributed by atoms with Crippen LogP contribution in [-0.2, 0) is 9.59 Å². The lowest BCUT2D eigenvalue weighted by Crippen LogP contribution is -2.42. The second kappa shape index (κ2) is 13.4. The number of furan rings is 1. The Hall–Kier alpha value is -5.21. The van der Waals surface area contributed by atoms with Gasteiger partial charge in [-0.25, -0.2) is 14.4 Å². The van der Waals surface area contributed by atoms with E-state index < -0.39 is 18.0 Å². The molecule has 0 radical (unpaired) electrons. The number of hydrogen-bond donors (Lipinski definition) is 4. The molecule has 1 atom stereocenters. The van der Waals surface area contributed by atoms with E-state index in [2.05, 4.69) is 20.1 Å². The number of hydrogen-bond acceptors (Lipinski definition) is 10. The first-order valence-electron chi connectivity index (χ1n) is 13.9. The van der Waals surface area contributed by atoms with Crippen LogP contribution in [0.5, 0.6) is 5.75 Å². The number of nitrogens with zero attached hydrogens (tertiary/aromatic N) is 4.